The zero-order valence-corrected chi connectivity index (χ0v) is 20.9. The van der Waals surface area contributed by atoms with Gasteiger partial charge in [0.15, 0.2) is 5.82 Å². The maximum atomic E-state index is 11.9. The number of hydrogen-bond acceptors (Lipinski definition) is 12. The zero-order valence-electron chi connectivity index (χ0n) is 20.9. The molecule has 0 bridgehead atoms. The Hall–Kier alpha value is -4.45. The van der Waals surface area contributed by atoms with E-state index in [4.69, 9.17) is 20.0 Å². The van der Waals surface area contributed by atoms with E-state index < -0.39 is 6.04 Å². The maximum absolute atomic E-state index is 11.9. The Morgan fingerprint density at radius 1 is 1.08 bits per heavy atom. The molecule has 1 atom stereocenters. The van der Waals surface area contributed by atoms with E-state index in [1.54, 1.807) is 24.8 Å². The number of esters is 1. The highest BCUT2D eigenvalue weighted by Gasteiger charge is 2.44. The molecule has 0 amide bonds. The number of rotatable bonds is 6. The molecule has 3 aromatic heterocycles. The highest BCUT2D eigenvalue weighted by Crippen LogP contribution is 2.48. The third-order valence-electron chi connectivity index (χ3n) is 7.35. The summed E-state index contributed by atoms with van der Waals surface area (Å²) in [6.07, 6.45) is 9.68. The third-order valence-corrected chi connectivity index (χ3v) is 7.35. The van der Waals surface area contributed by atoms with Gasteiger partial charge in [-0.1, -0.05) is 35.8 Å². The van der Waals surface area contributed by atoms with Gasteiger partial charge in [0.05, 0.1) is 24.9 Å². The number of nitrogen functional groups attached to an aromatic ring is 1. The van der Waals surface area contributed by atoms with Gasteiger partial charge in [0.2, 0.25) is 5.95 Å². The van der Waals surface area contributed by atoms with Crippen molar-refractivity contribution in [2.45, 2.75) is 30.7 Å². The van der Waals surface area contributed by atoms with Crippen LogP contribution in [-0.4, -0.2) is 68.8 Å². The Balaban J connectivity index is 1.20. The molecule has 4 heterocycles. The van der Waals surface area contributed by atoms with Crippen LogP contribution < -0.4 is 16.0 Å². The molecular formula is C26H27N9O3. The van der Waals surface area contributed by atoms with Crippen LogP contribution in [0.15, 0.2) is 53.6 Å². The van der Waals surface area contributed by atoms with Crippen molar-refractivity contribution in [3.8, 4) is 22.7 Å². The van der Waals surface area contributed by atoms with Gasteiger partial charge in [0, 0.05) is 37.6 Å². The van der Waals surface area contributed by atoms with Gasteiger partial charge in [-0.2, -0.15) is 4.98 Å². The van der Waals surface area contributed by atoms with Crippen molar-refractivity contribution in [1.29, 1.82) is 0 Å². The quantitative estimate of drug-likeness (QED) is 0.362. The molecule has 1 aliphatic carbocycles. The summed E-state index contributed by atoms with van der Waals surface area (Å²) in [5.74, 6) is 1.61. The first-order chi connectivity index (χ1) is 18.6. The van der Waals surface area contributed by atoms with Crippen LogP contribution in [0.1, 0.15) is 30.7 Å². The third kappa shape index (κ3) is 4.32. The van der Waals surface area contributed by atoms with Crippen molar-refractivity contribution in [1.82, 2.24) is 35.4 Å². The van der Waals surface area contributed by atoms with E-state index in [1.807, 2.05) is 4.90 Å². The van der Waals surface area contributed by atoms with Gasteiger partial charge in [-0.25, -0.2) is 19.9 Å². The average Bonchev–Trinajstić information content (AvgIpc) is 3.43. The second kappa shape index (κ2) is 9.78. The fraction of sp³-hybridized carbons (Fsp3) is 0.346. The molecule has 4 aromatic rings. The van der Waals surface area contributed by atoms with Gasteiger partial charge in [-0.15, -0.1) is 0 Å². The average molecular weight is 514 g/mol. The minimum atomic E-state index is -0.402. The number of nitrogens with zero attached hydrogens (tertiary/aromatic N) is 7. The van der Waals surface area contributed by atoms with Crippen LogP contribution in [0.4, 0.5) is 11.8 Å². The number of methoxy groups -OCH3 is 1. The minimum Gasteiger partial charge on any atom is -0.468 e. The van der Waals surface area contributed by atoms with Crippen LogP contribution >= 0.6 is 0 Å². The maximum Gasteiger partial charge on any atom is 0.324 e. The number of hydrogen-bond donors (Lipinski definition) is 2. The molecule has 1 saturated heterocycles. The Bertz CT molecular complexity index is 1420. The van der Waals surface area contributed by atoms with Gasteiger partial charge >= 0.3 is 5.97 Å². The lowest BCUT2D eigenvalue weighted by molar-refractivity contribution is -0.143. The summed E-state index contributed by atoms with van der Waals surface area (Å²) in [6, 6.07) is 7.91. The molecule has 38 heavy (non-hydrogen) atoms. The molecule has 2 fully saturated rings. The molecule has 194 valence electrons. The minimum absolute atomic E-state index is 0.252. The number of nitrogens with two attached hydrogens (primary N) is 1. The van der Waals surface area contributed by atoms with Crippen LogP contribution in [0, 0.1) is 0 Å². The van der Waals surface area contributed by atoms with Crippen LogP contribution in [0.2, 0.25) is 0 Å². The highest BCUT2D eigenvalue weighted by atomic mass is 16.5. The molecule has 2 aliphatic rings. The fourth-order valence-corrected chi connectivity index (χ4v) is 5.02. The van der Waals surface area contributed by atoms with Gasteiger partial charge in [0.1, 0.15) is 17.6 Å². The number of nitrogens with one attached hydrogen (secondary N) is 1. The molecule has 0 radical (unpaired) electrons. The lowest BCUT2D eigenvalue weighted by Gasteiger charge is -2.39. The molecule has 12 nitrogen and oxygen atoms in total. The first-order valence-corrected chi connectivity index (χ1v) is 12.5. The lowest BCUT2D eigenvalue weighted by Crippen LogP contribution is -2.54. The summed E-state index contributed by atoms with van der Waals surface area (Å²) in [6.45, 7) is 1.81. The Morgan fingerprint density at radius 3 is 2.53 bits per heavy atom. The predicted molar refractivity (Wildman–Crippen MR) is 138 cm³/mol. The molecule has 3 N–H and O–H groups in total. The van der Waals surface area contributed by atoms with Crippen molar-refractivity contribution >= 4 is 17.7 Å². The van der Waals surface area contributed by atoms with Gasteiger partial charge < -0.3 is 25.2 Å². The van der Waals surface area contributed by atoms with Crippen molar-refractivity contribution in [3.63, 3.8) is 0 Å². The van der Waals surface area contributed by atoms with Crippen molar-refractivity contribution in [2.24, 2.45) is 0 Å². The second-order valence-electron chi connectivity index (χ2n) is 9.50. The number of carbonyl (C=O) groups is 1. The first-order valence-electron chi connectivity index (χ1n) is 12.5. The zero-order chi connectivity index (χ0) is 26.1. The Kier molecular flexibility index (Phi) is 6.16. The molecule has 6 rings (SSSR count). The van der Waals surface area contributed by atoms with Crippen molar-refractivity contribution in [3.05, 3.63) is 60.4 Å². The number of piperazine rings is 1. The van der Waals surface area contributed by atoms with Crippen LogP contribution in [0.5, 0.6) is 0 Å². The number of anilines is 2. The molecule has 0 unspecified atom stereocenters. The van der Waals surface area contributed by atoms with Crippen molar-refractivity contribution < 1.29 is 14.1 Å². The van der Waals surface area contributed by atoms with E-state index in [9.17, 15) is 4.79 Å². The summed E-state index contributed by atoms with van der Waals surface area (Å²) in [4.78, 5) is 35.9. The highest BCUT2D eigenvalue weighted by molar-refractivity contribution is 5.76. The molecule has 1 saturated carbocycles. The molecule has 12 heteroatoms. The van der Waals surface area contributed by atoms with E-state index in [-0.39, 0.29) is 17.3 Å². The fourth-order valence-electron chi connectivity index (χ4n) is 5.02. The standard InChI is InChI=1S/C26H27N9O3/c1-37-23(36)20-15-35(10-9-28-20)21-14-29-19(13-30-21)22-33-24(34-38-22)26(7-2-8-26)18-5-3-16(4-6-18)17-11-31-25(27)32-12-17/h3-6,11-14,20,28H,2,7-10,15H2,1H3,(H2,27,31,32)/t20-/m1/s1. The summed E-state index contributed by atoms with van der Waals surface area (Å²) in [7, 11) is 1.38. The van der Waals surface area contributed by atoms with Gasteiger partial charge in [-0.05, 0) is 24.0 Å². The Labute approximate surface area is 218 Å². The monoisotopic (exact) mass is 513 g/mol. The first kappa shape index (κ1) is 23.9. The number of benzene rings is 1. The summed E-state index contributed by atoms with van der Waals surface area (Å²) in [5, 5.41) is 7.50. The topological polar surface area (TPSA) is 158 Å². The second-order valence-corrected chi connectivity index (χ2v) is 9.50. The summed E-state index contributed by atoms with van der Waals surface area (Å²) < 4.78 is 10.5. The normalized spacial score (nSPS) is 18.6. The van der Waals surface area contributed by atoms with Gasteiger partial charge in [0.25, 0.3) is 5.89 Å². The van der Waals surface area contributed by atoms with E-state index >= 15 is 0 Å². The van der Waals surface area contributed by atoms with E-state index in [1.165, 1.54) is 7.11 Å². The summed E-state index contributed by atoms with van der Waals surface area (Å²) >= 11 is 0. The van der Waals surface area contributed by atoms with Crippen LogP contribution in [-0.2, 0) is 14.9 Å². The van der Waals surface area contributed by atoms with Crippen LogP contribution in [0.3, 0.4) is 0 Å². The molecule has 1 aliphatic heterocycles. The van der Waals surface area contributed by atoms with E-state index in [0.717, 1.165) is 36.0 Å². The van der Waals surface area contributed by atoms with Crippen LogP contribution in [0.25, 0.3) is 22.7 Å². The SMILES string of the molecule is COC(=O)[C@H]1CN(c2cnc(-c3nc(C4(c5ccc(-c6cnc(N)nc6)cc5)CCC4)no3)cn2)CCN1. The Morgan fingerprint density at radius 2 is 1.87 bits per heavy atom. The van der Waals surface area contributed by atoms with E-state index in [0.29, 0.717) is 42.9 Å². The molecular weight excluding hydrogens is 486 g/mol. The van der Waals surface area contributed by atoms with E-state index in [2.05, 4.69) is 54.7 Å². The summed E-state index contributed by atoms with van der Waals surface area (Å²) in [5.41, 5.74) is 8.86. The lowest BCUT2D eigenvalue weighted by atomic mass is 9.64. The smallest absolute Gasteiger partial charge is 0.324 e. The molecule has 0 spiro atoms. The number of aromatic nitrogens is 6. The van der Waals surface area contributed by atoms with Gasteiger partial charge in [-0.3, -0.25) is 4.79 Å². The van der Waals surface area contributed by atoms with Crippen molar-refractivity contribution in [2.75, 3.05) is 37.4 Å². The molecule has 1 aromatic carbocycles. The predicted octanol–water partition coefficient (Wildman–Crippen LogP) is 1.99. The number of carbonyl (C=O) groups excluding carboxylic acids is 1. The largest absolute Gasteiger partial charge is 0.468 e. The number of ether oxygens (including phenoxy) is 1.